The summed E-state index contributed by atoms with van der Waals surface area (Å²) in [4.78, 5) is 22.1. The van der Waals surface area contributed by atoms with Gasteiger partial charge in [-0.05, 0) is 44.4 Å². The molecular formula is C13H22N2O3. The zero-order valence-corrected chi connectivity index (χ0v) is 10.7. The molecule has 18 heavy (non-hydrogen) atoms. The minimum atomic E-state index is -0.817. The van der Waals surface area contributed by atoms with E-state index < -0.39 is 5.97 Å². The summed E-state index contributed by atoms with van der Waals surface area (Å²) < 4.78 is 0. The minimum Gasteiger partial charge on any atom is -0.481 e. The van der Waals surface area contributed by atoms with Gasteiger partial charge in [0.15, 0.2) is 0 Å². The number of carbonyl (C=O) groups is 2. The number of hydrogen-bond donors (Lipinski definition) is 3. The molecule has 0 spiro atoms. The Labute approximate surface area is 107 Å². The predicted octanol–water partition coefficient (Wildman–Crippen LogP) is 1.87. The van der Waals surface area contributed by atoms with E-state index in [1.165, 1.54) is 25.7 Å². The normalized spacial score (nSPS) is 21.6. The lowest BCUT2D eigenvalue weighted by atomic mass is 9.61. The molecule has 0 aromatic rings. The summed E-state index contributed by atoms with van der Waals surface area (Å²) in [6.45, 7) is 0.429. The maximum Gasteiger partial charge on any atom is 0.315 e. The lowest BCUT2D eigenvalue weighted by Crippen LogP contribution is -2.62. The van der Waals surface area contributed by atoms with Crippen LogP contribution in [0.1, 0.15) is 51.4 Å². The van der Waals surface area contributed by atoms with Crippen LogP contribution < -0.4 is 10.6 Å². The lowest BCUT2D eigenvalue weighted by molar-refractivity contribution is -0.137. The molecule has 0 heterocycles. The Morgan fingerprint density at radius 3 is 2.39 bits per heavy atom. The van der Waals surface area contributed by atoms with Gasteiger partial charge >= 0.3 is 12.0 Å². The van der Waals surface area contributed by atoms with Gasteiger partial charge in [0.2, 0.25) is 0 Å². The molecule has 0 aromatic heterocycles. The van der Waals surface area contributed by atoms with Crippen molar-refractivity contribution in [2.75, 3.05) is 6.54 Å². The highest BCUT2D eigenvalue weighted by atomic mass is 16.4. The van der Waals surface area contributed by atoms with Gasteiger partial charge in [0.1, 0.15) is 0 Å². The highest BCUT2D eigenvalue weighted by Gasteiger charge is 2.47. The van der Waals surface area contributed by atoms with Crippen LogP contribution in [0.25, 0.3) is 0 Å². The van der Waals surface area contributed by atoms with Crippen molar-refractivity contribution in [3.05, 3.63) is 0 Å². The molecule has 0 saturated heterocycles. The molecule has 2 fully saturated rings. The first-order chi connectivity index (χ1) is 8.62. The van der Waals surface area contributed by atoms with E-state index in [0.717, 1.165) is 12.8 Å². The summed E-state index contributed by atoms with van der Waals surface area (Å²) in [5, 5.41) is 14.4. The molecule has 102 valence electrons. The summed E-state index contributed by atoms with van der Waals surface area (Å²) in [6, 6.07) is -0.132. The van der Waals surface area contributed by atoms with Crippen molar-refractivity contribution >= 4 is 12.0 Å². The number of carbonyl (C=O) groups excluding carboxylic acids is 1. The Morgan fingerprint density at radius 1 is 1.22 bits per heavy atom. The third-order valence-corrected chi connectivity index (χ3v) is 4.35. The number of carboxylic acids is 1. The Bertz CT molecular complexity index is 322. The van der Waals surface area contributed by atoms with Gasteiger partial charge in [0.25, 0.3) is 0 Å². The summed E-state index contributed by atoms with van der Waals surface area (Å²) in [7, 11) is 0. The van der Waals surface area contributed by atoms with Crippen LogP contribution in [0.4, 0.5) is 4.79 Å². The van der Waals surface area contributed by atoms with Gasteiger partial charge in [-0.2, -0.15) is 0 Å². The van der Waals surface area contributed by atoms with Crippen LogP contribution in [0, 0.1) is 5.92 Å². The van der Waals surface area contributed by atoms with Crippen molar-refractivity contribution in [1.29, 1.82) is 0 Å². The van der Waals surface area contributed by atoms with Crippen molar-refractivity contribution in [2.24, 2.45) is 5.92 Å². The fourth-order valence-electron chi connectivity index (χ4n) is 2.87. The second kappa shape index (κ2) is 5.59. The molecule has 2 amide bonds. The molecule has 0 atom stereocenters. The molecule has 5 heteroatoms. The average Bonchev–Trinajstić information content (AvgIpc) is 2.18. The topological polar surface area (TPSA) is 78.4 Å². The van der Waals surface area contributed by atoms with E-state index in [4.69, 9.17) is 5.11 Å². The van der Waals surface area contributed by atoms with Crippen LogP contribution in [0.3, 0.4) is 0 Å². The number of amides is 2. The molecule has 3 N–H and O–H groups in total. The van der Waals surface area contributed by atoms with Crippen molar-refractivity contribution in [3.8, 4) is 0 Å². The third kappa shape index (κ3) is 2.94. The van der Waals surface area contributed by atoms with Crippen LogP contribution in [-0.4, -0.2) is 29.2 Å². The first kappa shape index (κ1) is 13.2. The van der Waals surface area contributed by atoms with Gasteiger partial charge in [0, 0.05) is 18.5 Å². The molecule has 0 bridgehead atoms. The summed E-state index contributed by atoms with van der Waals surface area (Å²) in [5.74, 6) is -0.154. The Kier molecular flexibility index (Phi) is 4.09. The zero-order valence-electron chi connectivity index (χ0n) is 10.7. The maximum absolute atomic E-state index is 11.8. The molecule has 0 aliphatic heterocycles. The smallest absolute Gasteiger partial charge is 0.315 e. The van der Waals surface area contributed by atoms with E-state index in [-0.39, 0.29) is 18.0 Å². The summed E-state index contributed by atoms with van der Waals surface area (Å²) in [5.41, 5.74) is 0.0507. The van der Waals surface area contributed by atoms with Crippen LogP contribution >= 0.6 is 0 Å². The van der Waals surface area contributed by atoms with E-state index in [1.807, 2.05) is 0 Å². The lowest BCUT2D eigenvalue weighted by Gasteiger charge is -2.51. The largest absolute Gasteiger partial charge is 0.481 e. The standard InChI is InChI=1S/C13H22N2O3/c16-11(17)6-2-9-14-12(18)15-13(7-3-8-13)10-4-1-5-10/h10H,1-9H2,(H,16,17)(H2,14,15,18). The Hall–Kier alpha value is -1.26. The van der Waals surface area contributed by atoms with Gasteiger partial charge in [-0.25, -0.2) is 4.79 Å². The summed E-state index contributed by atoms with van der Waals surface area (Å²) in [6.07, 6.45) is 7.75. The summed E-state index contributed by atoms with van der Waals surface area (Å²) >= 11 is 0. The van der Waals surface area contributed by atoms with Gasteiger partial charge in [-0.15, -0.1) is 0 Å². The molecule has 2 aliphatic rings. The number of urea groups is 1. The highest BCUT2D eigenvalue weighted by molar-refractivity contribution is 5.75. The van der Waals surface area contributed by atoms with Gasteiger partial charge < -0.3 is 15.7 Å². The van der Waals surface area contributed by atoms with Crippen molar-refractivity contribution in [3.63, 3.8) is 0 Å². The molecule has 2 saturated carbocycles. The second-order valence-electron chi connectivity index (χ2n) is 5.52. The molecular weight excluding hydrogens is 232 g/mol. The SMILES string of the molecule is O=C(O)CCCNC(=O)NC1(C2CCC2)CCC1. The van der Waals surface area contributed by atoms with Gasteiger partial charge in [-0.3, -0.25) is 4.79 Å². The fourth-order valence-corrected chi connectivity index (χ4v) is 2.87. The Morgan fingerprint density at radius 2 is 1.94 bits per heavy atom. The molecule has 2 rings (SSSR count). The number of rotatable bonds is 6. The second-order valence-corrected chi connectivity index (χ2v) is 5.52. The van der Waals surface area contributed by atoms with E-state index in [2.05, 4.69) is 10.6 Å². The molecule has 0 aromatic carbocycles. The first-order valence-electron chi connectivity index (χ1n) is 6.90. The first-order valence-corrected chi connectivity index (χ1v) is 6.90. The molecule has 0 unspecified atom stereocenters. The molecule has 5 nitrogen and oxygen atoms in total. The third-order valence-electron chi connectivity index (χ3n) is 4.35. The predicted molar refractivity (Wildman–Crippen MR) is 67.3 cm³/mol. The monoisotopic (exact) mass is 254 g/mol. The van der Waals surface area contributed by atoms with Gasteiger partial charge in [-0.1, -0.05) is 6.42 Å². The van der Waals surface area contributed by atoms with Crippen LogP contribution in [-0.2, 0) is 4.79 Å². The van der Waals surface area contributed by atoms with Crippen LogP contribution in [0.15, 0.2) is 0 Å². The molecule has 0 radical (unpaired) electrons. The zero-order chi connectivity index (χ0) is 13.0. The fraction of sp³-hybridized carbons (Fsp3) is 0.846. The molecule has 2 aliphatic carbocycles. The number of hydrogen-bond acceptors (Lipinski definition) is 2. The number of aliphatic carboxylic acids is 1. The Balaban J connectivity index is 1.68. The van der Waals surface area contributed by atoms with E-state index in [0.29, 0.717) is 18.9 Å². The highest BCUT2D eigenvalue weighted by Crippen LogP contribution is 2.47. The van der Waals surface area contributed by atoms with Crippen molar-refractivity contribution in [2.45, 2.75) is 56.9 Å². The number of carboxylic acid groups (broad SMARTS) is 1. The van der Waals surface area contributed by atoms with Crippen molar-refractivity contribution in [1.82, 2.24) is 10.6 Å². The van der Waals surface area contributed by atoms with Crippen LogP contribution in [0.2, 0.25) is 0 Å². The average molecular weight is 254 g/mol. The van der Waals surface area contributed by atoms with Crippen molar-refractivity contribution < 1.29 is 14.7 Å². The quantitative estimate of drug-likeness (QED) is 0.633. The number of nitrogens with one attached hydrogen (secondary N) is 2. The van der Waals surface area contributed by atoms with Gasteiger partial charge in [0.05, 0.1) is 0 Å². The maximum atomic E-state index is 11.8. The van der Waals surface area contributed by atoms with Crippen LogP contribution in [0.5, 0.6) is 0 Å². The van der Waals surface area contributed by atoms with E-state index in [1.54, 1.807) is 0 Å². The minimum absolute atomic E-state index is 0.0507. The van der Waals surface area contributed by atoms with E-state index in [9.17, 15) is 9.59 Å². The van der Waals surface area contributed by atoms with E-state index >= 15 is 0 Å².